The molecule has 0 aromatic carbocycles. The Morgan fingerprint density at radius 1 is 0.833 bits per heavy atom. The maximum atomic E-state index is 2.39. The fourth-order valence-electron chi connectivity index (χ4n) is 0. The zero-order chi connectivity index (χ0) is 4.50. The normalized spacial score (nSPS) is 10.0. The molecule has 0 N–H and O–H groups in total. The van der Waals surface area contributed by atoms with Crippen molar-refractivity contribution < 1.29 is 21.0 Å². The second kappa shape index (κ2) is 2.74. The predicted molar refractivity (Wildman–Crippen MR) is 24.1 cm³/mol. The number of rotatable bonds is 0. The summed E-state index contributed by atoms with van der Waals surface area (Å²) in [7, 11) is 0. The first-order valence-electron chi connectivity index (χ1n) is 1.51. The molecule has 0 heterocycles. The molecule has 1 nitrogen and oxygen atoms in total. The molecular weight excluding hydrogens is 250 g/mol. The topological polar surface area (TPSA) is 28.5 Å². The number of hydrogen-bond acceptors (Lipinski definition) is 0. The van der Waals surface area contributed by atoms with Crippen molar-refractivity contribution in [3.63, 3.8) is 0 Å². The molecule has 0 radical (unpaired) electrons. The van der Waals surface area contributed by atoms with Crippen LogP contribution in [0, 0.1) is 0 Å². The Bertz CT molecular complexity index is 23.0. The third-order valence-corrected chi connectivity index (χ3v) is 0. The Morgan fingerprint density at radius 3 is 0.833 bits per heavy atom. The molecule has 0 aliphatic rings. The van der Waals surface area contributed by atoms with Crippen LogP contribution in [0.25, 0.3) is 0 Å². The molecule has 0 aliphatic heterocycles. The van der Waals surface area contributed by atoms with E-state index in [1.807, 2.05) is 0 Å². The maximum Gasteiger partial charge on any atom is -2.00 e. The summed E-state index contributed by atoms with van der Waals surface area (Å²) in [5.41, 5.74) is 0. The second-order valence-corrected chi connectivity index (χ2v) is 18.6. The van der Waals surface area contributed by atoms with E-state index < -0.39 is 15.5 Å². The maximum absolute atomic E-state index is 2.39. The van der Waals surface area contributed by atoms with Crippen LogP contribution in [-0.4, -0.2) is 0 Å². The van der Waals surface area contributed by atoms with E-state index in [1.54, 1.807) is 0 Å². The molecule has 41 valence electrons. The molecular formula is C4H12ORe. The van der Waals surface area contributed by atoms with Gasteiger partial charge in [-0.05, 0) is 0 Å². The minimum Gasteiger partial charge on any atom is -2.00 e. The first kappa shape index (κ1) is 9.80. The van der Waals surface area contributed by atoms with Gasteiger partial charge in [0.15, 0.2) is 0 Å². The van der Waals surface area contributed by atoms with E-state index in [0.717, 1.165) is 0 Å². The smallest absolute Gasteiger partial charge is 2.00 e. The molecule has 0 aromatic rings. The molecule has 0 saturated heterocycles. The van der Waals surface area contributed by atoms with Crippen LogP contribution in [0.5, 0.6) is 0 Å². The van der Waals surface area contributed by atoms with Crippen LogP contribution in [0.4, 0.5) is 0 Å². The Morgan fingerprint density at radius 2 is 0.833 bits per heavy atom. The minimum absolute atomic E-state index is 0. The fraction of sp³-hybridized carbons (Fsp3) is 1.00. The minimum atomic E-state index is -1.11. The van der Waals surface area contributed by atoms with Crippen LogP contribution < -0.4 is 0 Å². The van der Waals surface area contributed by atoms with E-state index in [2.05, 4.69) is 21.6 Å². The molecule has 0 unspecified atom stereocenters. The zero-order valence-corrected chi connectivity index (χ0v) is 7.50. The van der Waals surface area contributed by atoms with E-state index in [4.69, 9.17) is 0 Å². The Kier molecular flexibility index (Phi) is 4.47. The molecule has 0 atom stereocenters. The van der Waals surface area contributed by atoms with Crippen LogP contribution in [0.3, 0.4) is 0 Å². The summed E-state index contributed by atoms with van der Waals surface area (Å²) in [6.07, 6.45) is 0. The molecule has 0 saturated carbocycles. The molecule has 0 amide bonds. The largest absolute Gasteiger partial charge is 2.00 e. The van der Waals surface area contributed by atoms with Crippen LogP contribution in [0.1, 0.15) is 0 Å². The van der Waals surface area contributed by atoms with Crippen molar-refractivity contribution in [3.05, 3.63) is 0 Å². The van der Waals surface area contributed by atoms with Gasteiger partial charge in [0.1, 0.15) is 0 Å². The summed E-state index contributed by atoms with van der Waals surface area (Å²) in [4.78, 5) is 0. The van der Waals surface area contributed by atoms with Crippen molar-refractivity contribution in [2.45, 2.75) is 21.6 Å². The average molecular weight is 262 g/mol. The van der Waals surface area contributed by atoms with Gasteiger partial charge in [0.05, 0.1) is 0 Å². The third kappa shape index (κ3) is 157. The molecule has 0 aromatic heterocycles. The molecule has 6 heavy (non-hydrogen) atoms. The van der Waals surface area contributed by atoms with Crippen LogP contribution in [0.2, 0.25) is 21.6 Å². The SMILES string of the molecule is [CH3][Re+2]([CH3])([CH3])[CH3].[O-2]. The van der Waals surface area contributed by atoms with Crippen molar-refractivity contribution in [3.8, 4) is 0 Å². The first-order chi connectivity index (χ1) is 2.00. The van der Waals surface area contributed by atoms with E-state index >= 15 is 0 Å². The Hall–Kier alpha value is 0.622. The van der Waals surface area contributed by atoms with Crippen molar-refractivity contribution >= 4 is 0 Å². The summed E-state index contributed by atoms with van der Waals surface area (Å²) in [5, 5.41) is 9.56. The van der Waals surface area contributed by atoms with Gasteiger partial charge in [0.2, 0.25) is 0 Å². The summed E-state index contributed by atoms with van der Waals surface area (Å²) in [5.74, 6) is 0. The fourth-order valence-corrected chi connectivity index (χ4v) is 0. The van der Waals surface area contributed by atoms with E-state index in [0.29, 0.717) is 0 Å². The van der Waals surface area contributed by atoms with Crippen molar-refractivity contribution in [2.75, 3.05) is 0 Å². The molecule has 0 rings (SSSR count). The van der Waals surface area contributed by atoms with Crippen molar-refractivity contribution in [1.82, 2.24) is 0 Å². The first-order valence-corrected chi connectivity index (χ1v) is 12.4. The summed E-state index contributed by atoms with van der Waals surface area (Å²) in [6.45, 7) is 0. The van der Waals surface area contributed by atoms with Gasteiger partial charge in [0.25, 0.3) is 0 Å². The molecule has 0 spiro atoms. The Balaban J connectivity index is 0. The van der Waals surface area contributed by atoms with Gasteiger partial charge in [-0.1, -0.05) is 0 Å². The van der Waals surface area contributed by atoms with Gasteiger partial charge in [-0.25, -0.2) is 0 Å². The molecule has 0 bridgehead atoms. The van der Waals surface area contributed by atoms with Crippen molar-refractivity contribution in [2.24, 2.45) is 0 Å². The standard InChI is InChI=1S/4CH3.O.Re/h4*1H3;;/q;;;;-2;+2. The predicted octanol–water partition coefficient (Wildman–Crippen LogP) is 2.21. The molecule has 2 heteroatoms. The van der Waals surface area contributed by atoms with Gasteiger partial charge in [-0.15, -0.1) is 0 Å². The zero-order valence-electron chi connectivity index (χ0n) is 4.79. The van der Waals surface area contributed by atoms with Crippen molar-refractivity contribution in [1.29, 1.82) is 0 Å². The monoisotopic (exact) mass is 263 g/mol. The van der Waals surface area contributed by atoms with E-state index in [-0.39, 0.29) is 5.48 Å². The summed E-state index contributed by atoms with van der Waals surface area (Å²) >= 11 is -1.11. The quantitative estimate of drug-likeness (QED) is 0.640. The van der Waals surface area contributed by atoms with Crippen LogP contribution in [-0.2, 0) is 21.0 Å². The van der Waals surface area contributed by atoms with Gasteiger partial charge in [-0.3, -0.25) is 0 Å². The van der Waals surface area contributed by atoms with E-state index in [9.17, 15) is 0 Å². The summed E-state index contributed by atoms with van der Waals surface area (Å²) < 4.78 is 0. The summed E-state index contributed by atoms with van der Waals surface area (Å²) in [6, 6.07) is 0. The average Bonchev–Trinajstić information content (AvgIpc) is 0.722. The second-order valence-electron chi connectivity index (χ2n) is 2.27. The van der Waals surface area contributed by atoms with Crippen LogP contribution in [0.15, 0.2) is 0 Å². The van der Waals surface area contributed by atoms with Gasteiger partial charge in [0, 0.05) is 0 Å². The van der Waals surface area contributed by atoms with Gasteiger partial charge >= 0.3 is 37.1 Å². The van der Waals surface area contributed by atoms with Gasteiger partial charge < -0.3 is 5.48 Å². The molecule has 0 fully saturated rings. The Labute approximate surface area is 43.1 Å². The third-order valence-electron chi connectivity index (χ3n) is 0. The van der Waals surface area contributed by atoms with Crippen LogP contribution >= 0.6 is 0 Å². The number of hydrogen-bond donors (Lipinski definition) is 0. The van der Waals surface area contributed by atoms with Gasteiger partial charge in [-0.2, -0.15) is 0 Å². The van der Waals surface area contributed by atoms with E-state index in [1.165, 1.54) is 0 Å². The molecule has 0 aliphatic carbocycles.